The molecule has 1 aliphatic heterocycles. The second-order valence-corrected chi connectivity index (χ2v) is 3.46. The van der Waals surface area contributed by atoms with E-state index in [0.717, 1.165) is 0 Å². The molecule has 0 bridgehead atoms. The van der Waals surface area contributed by atoms with Crippen molar-refractivity contribution >= 4 is 5.97 Å². The van der Waals surface area contributed by atoms with Crippen molar-refractivity contribution in [3.63, 3.8) is 0 Å². The highest BCUT2D eigenvalue weighted by Crippen LogP contribution is 2.36. The molecule has 1 aliphatic rings. The van der Waals surface area contributed by atoms with E-state index in [4.69, 9.17) is 14.6 Å². The van der Waals surface area contributed by atoms with Gasteiger partial charge in [0.25, 0.3) is 0 Å². The molecule has 0 radical (unpaired) electrons. The summed E-state index contributed by atoms with van der Waals surface area (Å²) in [5.41, 5.74) is 0.665. The highest BCUT2D eigenvalue weighted by atomic mass is 19.1. The molecule has 5 heteroatoms. The third-order valence-electron chi connectivity index (χ3n) is 2.33. The highest BCUT2D eigenvalue weighted by Gasteiger charge is 2.20. The van der Waals surface area contributed by atoms with Crippen molar-refractivity contribution in [3.05, 3.63) is 23.5 Å². The van der Waals surface area contributed by atoms with Crippen molar-refractivity contribution < 1.29 is 23.8 Å². The summed E-state index contributed by atoms with van der Waals surface area (Å²) in [6.45, 7) is 0.669. The molecular formula is C11H11FO4. The molecule has 16 heavy (non-hydrogen) atoms. The smallest absolute Gasteiger partial charge is 0.303 e. The number of benzene rings is 1. The van der Waals surface area contributed by atoms with Crippen LogP contribution in [0.1, 0.15) is 12.0 Å². The number of aliphatic carboxylic acids is 1. The van der Waals surface area contributed by atoms with Crippen LogP contribution in [0.3, 0.4) is 0 Å². The third-order valence-corrected chi connectivity index (χ3v) is 2.33. The Bertz CT molecular complexity index is 417. The fourth-order valence-electron chi connectivity index (χ4n) is 1.60. The van der Waals surface area contributed by atoms with Gasteiger partial charge in [-0.3, -0.25) is 4.79 Å². The van der Waals surface area contributed by atoms with Gasteiger partial charge in [0.1, 0.15) is 13.2 Å². The van der Waals surface area contributed by atoms with Crippen LogP contribution in [0.2, 0.25) is 0 Å². The summed E-state index contributed by atoms with van der Waals surface area (Å²) in [4.78, 5) is 10.5. The summed E-state index contributed by atoms with van der Waals surface area (Å²) < 4.78 is 23.8. The van der Waals surface area contributed by atoms with Crippen molar-refractivity contribution in [1.82, 2.24) is 0 Å². The molecule has 0 amide bonds. The summed E-state index contributed by atoms with van der Waals surface area (Å²) in [6.07, 6.45) is 0.294. The first-order valence-electron chi connectivity index (χ1n) is 4.97. The van der Waals surface area contributed by atoms with Crippen molar-refractivity contribution in [1.29, 1.82) is 0 Å². The van der Waals surface area contributed by atoms with E-state index in [1.54, 1.807) is 0 Å². The zero-order chi connectivity index (χ0) is 11.5. The zero-order valence-electron chi connectivity index (χ0n) is 8.53. The molecule has 0 aliphatic carbocycles. The van der Waals surface area contributed by atoms with Gasteiger partial charge in [-0.05, 0) is 18.1 Å². The summed E-state index contributed by atoms with van der Waals surface area (Å²) in [5, 5.41) is 8.59. The van der Waals surface area contributed by atoms with Crippen LogP contribution in [-0.2, 0) is 11.2 Å². The fraction of sp³-hybridized carbons (Fsp3) is 0.364. The maximum Gasteiger partial charge on any atom is 0.303 e. The molecule has 0 aromatic heterocycles. The minimum absolute atomic E-state index is 0.0125. The van der Waals surface area contributed by atoms with E-state index in [1.807, 2.05) is 0 Å². The molecule has 1 aromatic rings. The number of hydrogen-bond donors (Lipinski definition) is 1. The third kappa shape index (κ3) is 2.08. The molecule has 0 atom stereocenters. The van der Waals surface area contributed by atoms with Crippen LogP contribution in [0.4, 0.5) is 4.39 Å². The monoisotopic (exact) mass is 226 g/mol. The molecule has 0 saturated carbocycles. The molecule has 0 unspecified atom stereocenters. The van der Waals surface area contributed by atoms with E-state index in [2.05, 4.69) is 0 Å². The van der Waals surface area contributed by atoms with Crippen molar-refractivity contribution in [2.45, 2.75) is 12.8 Å². The second-order valence-electron chi connectivity index (χ2n) is 3.46. The van der Waals surface area contributed by atoms with Crippen LogP contribution < -0.4 is 9.47 Å². The van der Waals surface area contributed by atoms with E-state index in [9.17, 15) is 9.18 Å². The number of aryl methyl sites for hydroxylation is 1. The number of hydrogen-bond acceptors (Lipinski definition) is 3. The SMILES string of the molecule is O=C(O)CCc1ccc(F)c2c1OCCO2. The number of carbonyl (C=O) groups is 1. The Morgan fingerprint density at radius 1 is 1.31 bits per heavy atom. The van der Waals surface area contributed by atoms with Gasteiger partial charge in [0.15, 0.2) is 17.3 Å². The standard InChI is InChI=1S/C11H11FO4/c12-8-3-1-7(2-4-9(13)14)10-11(8)16-6-5-15-10/h1,3H,2,4-6H2,(H,13,14). The number of fused-ring (bicyclic) bond motifs is 1. The Morgan fingerprint density at radius 2 is 2.00 bits per heavy atom. The molecule has 0 saturated heterocycles. The van der Waals surface area contributed by atoms with Crippen LogP contribution in [0.5, 0.6) is 11.5 Å². The average Bonchev–Trinajstić information content (AvgIpc) is 2.28. The first kappa shape index (κ1) is 10.7. The topological polar surface area (TPSA) is 55.8 Å². The normalized spacial score (nSPS) is 13.6. The second kappa shape index (κ2) is 4.38. The predicted molar refractivity (Wildman–Crippen MR) is 53.3 cm³/mol. The summed E-state index contributed by atoms with van der Waals surface area (Å²) in [5.74, 6) is -0.940. The lowest BCUT2D eigenvalue weighted by atomic mass is 10.1. The van der Waals surface area contributed by atoms with Gasteiger partial charge in [0.2, 0.25) is 0 Å². The first-order valence-corrected chi connectivity index (χ1v) is 4.97. The van der Waals surface area contributed by atoms with Gasteiger partial charge >= 0.3 is 5.97 Å². The Morgan fingerprint density at radius 3 is 2.69 bits per heavy atom. The minimum Gasteiger partial charge on any atom is -0.486 e. The lowest BCUT2D eigenvalue weighted by Gasteiger charge is -2.21. The molecule has 0 fully saturated rings. The number of ether oxygens (including phenoxy) is 2. The first-order chi connectivity index (χ1) is 7.68. The Kier molecular flexibility index (Phi) is 2.94. The maximum absolute atomic E-state index is 13.3. The van der Waals surface area contributed by atoms with Gasteiger partial charge in [-0.1, -0.05) is 6.07 Å². The summed E-state index contributed by atoms with van der Waals surface area (Å²) in [6, 6.07) is 2.80. The molecule has 1 aromatic carbocycles. The van der Waals surface area contributed by atoms with Gasteiger partial charge in [-0.2, -0.15) is 0 Å². The quantitative estimate of drug-likeness (QED) is 0.850. The zero-order valence-corrected chi connectivity index (χ0v) is 8.53. The Balaban J connectivity index is 2.28. The van der Waals surface area contributed by atoms with E-state index < -0.39 is 11.8 Å². The van der Waals surface area contributed by atoms with Crippen LogP contribution in [-0.4, -0.2) is 24.3 Å². The van der Waals surface area contributed by atoms with Crippen molar-refractivity contribution in [2.24, 2.45) is 0 Å². The molecule has 1 heterocycles. The van der Waals surface area contributed by atoms with Crippen LogP contribution >= 0.6 is 0 Å². The van der Waals surface area contributed by atoms with Gasteiger partial charge in [0, 0.05) is 6.42 Å². The van der Waals surface area contributed by atoms with E-state index in [0.29, 0.717) is 30.9 Å². The van der Waals surface area contributed by atoms with E-state index >= 15 is 0 Å². The number of carboxylic acids is 1. The summed E-state index contributed by atoms with van der Waals surface area (Å²) in [7, 11) is 0. The van der Waals surface area contributed by atoms with Crippen molar-refractivity contribution in [2.75, 3.05) is 13.2 Å². The largest absolute Gasteiger partial charge is 0.486 e. The predicted octanol–water partition coefficient (Wildman–Crippen LogP) is 1.61. The van der Waals surface area contributed by atoms with Gasteiger partial charge in [0.05, 0.1) is 0 Å². The molecule has 0 spiro atoms. The van der Waals surface area contributed by atoms with Gasteiger partial charge in [-0.25, -0.2) is 4.39 Å². The molecule has 1 N–H and O–H groups in total. The maximum atomic E-state index is 13.3. The molecular weight excluding hydrogens is 215 g/mol. The number of halogens is 1. The van der Waals surface area contributed by atoms with Crippen LogP contribution in [0, 0.1) is 5.82 Å². The minimum atomic E-state index is -0.894. The molecule has 2 rings (SSSR count). The highest BCUT2D eigenvalue weighted by molar-refractivity contribution is 5.67. The van der Waals surface area contributed by atoms with Gasteiger partial charge < -0.3 is 14.6 Å². The van der Waals surface area contributed by atoms with E-state index in [-0.39, 0.29) is 12.2 Å². The Labute approximate surface area is 91.6 Å². The van der Waals surface area contributed by atoms with Crippen LogP contribution in [0.25, 0.3) is 0 Å². The number of rotatable bonds is 3. The number of carboxylic acid groups (broad SMARTS) is 1. The lowest BCUT2D eigenvalue weighted by molar-refractivity contribution is -0.136. The average molecular weight is 226 g/mol. The summed E-state index contributed by atoms with van der Waals surface area (Å²) >= 11 is 0. The fourth-order valence-corrected chi connectivity index (χ4v) is 1.60. The Hall–Kier alpha value is -1.78. The molecule has 4 nitrogen and oxygen atoms in total. The van der Waals surface area contributed by atoms with Crippen LogP contribution in [0.15, 0.2) is 12.1 Å². The molecule has 86 valence electrons. The van der Waals surface area contributed by atoms with E-state index in [1.165, 1.54) is 12.1 Å². The lowest BCUT2D eigenvalue weighted by Crippen LogP contribution is -2.18. The van der Waals surface area contributed by atoms with Crippen molar-refractivity contribution in [3.8, 4) is 11.5 Å². The van der Waals surface area contributed by atoms with Gasteiger partial charge in [-0.15, -0.1) is 0 Å².